The van der Waals surface area contributed by atoms with Crippen molar-refractivity contribution in [2.75, 3.05) is 39.3 Å². The molecule has 3 aliphatic rings. The molecule has 27 heavy (non-hydrogen) atoms. The first kappa shape index (κ1) is 17.4. The van der Waals surface area contributed by atoms with Gasteiger partial charge in [-0.15, -0.1) is 11.3 Å². The predicted octanol–water partition coefficient (Wildman–Crippen LogP) is 3.45. The second-order valence-electron chi connectivity index (χ2n) is 7.85. The van der Waals surface area contributed by atoms with Crippen molar-refractivity contribution >= 4 is 17.2 Å². The number of ether oxygens (including phenoxy) is 1. The van der Waals surface area contributed by atoms with Crippen molar-refractivity contribution in [3.8, 4) is 10.4 Å². The van der Waals surface area contributed by atoms with Gasteiger partial charge in [0.15, 0.2) is 0 Å². The Morgan fingerprint density at radius 2 is 1.93 bits per heavy atom. The summed E-state index contributed by atoms with van der Waals surface area (Å²) in [5, 5.41) is 0. The molecule has 2 aromatic rings. The number of amides is 1. The van der Waals surface area contributed by atoms with Gasteiger partial charge in [0.05, 0.1) is 11.0 Å². The largest absolute Gasteiger partial charge is 0.377 e. The van der Waals surface area contributed by atoms with Gasteiger partial charge in [-0.25, -0.2) is 0 Å². The lowest BCUT2D eigenvalue weighted by atomic mass is 9.91. The molecule has 0 bridgehead atoms. The first-order valence-corrected chi connectivity index (χ1v) is 10.9. The van der Waals surface area contributed by atoms with Crippen molar-refractivity contribution in [3.05, 3.63) is 46.3 Å². The Morgan fingerprint density at radius 3 is 2.74 bits per heavy atom. The van der Waals surface area contributed by atoms with Crippen LogP contribution in [0.15, 0.2) is 30.3 Å². The fraction of sp³-hybridized carbons (Fsp3) is 0.500. The summed E-state index contributed by atoms with van der Waals surface area (Å²) in [6.45, 7) is 5.50. The fourth-order valence-corrected chi connectivity index (χ4v) is 5.78. The summed E-state index contributed by atoms with van der Waals surface area (Å²) in [6, 6.07) is 10.8. The van der Waals surface area contributed by atoms with Crippen molar-refractivity contribution in [2.24, 2.45) is 0 Å². The first-order valence-electron chi connectivity index (χ1n) is 10.1. The molecule has 2 fully saturated rings. The van der Waals surface area contributed by atoms with Gasteiger partial charge in [-0.3, -0.25) is 9.69 Å². The highest BCUT2D eigenvalue weighted by molar-refractivity contribution is 7.17. The van der Waals surface area contributed by atoms with Gasteiger partial charge in [0.2, 0.25) is 0 Å². The van der Waals surface area contributed by atoms with Gasteiger partial charge in [0.25, 0.3) is 5.91 Å². The second kappa shape index (κ2) is 7.38. The average Bonchev–Trinajstić information content (AvgIpc) is 3.37. The third kappa shape index (κ3) is 3.44. The van der Waals surface area contributed by atoms with Crippen molar-refractivity contribution in [3.63, 3.8) is 0 Å². The first-order chi connectivity index (χ1) is 13.3. The Hall–Kier alpha value is -1.69. The van der Waals surface area contributed by atoms with Gasteiger partial charge < -0.3 is 9.64 Å². The molecule has 2 aliphatic heterocycles. The highest BCUT2D eigenvalue weighted by Crippen LogP contribution is 2.39. The molecule has 0 radical (unpaired) electrons. The lowest BCUT2D eigenvalue weighted by Crippen LogP contribution is -2.50. The molecule has 1 amide bonds. The quantitative estimate of drug-likeness (QED) is 0.815. The molecule has 142 valence electrons. The number of hydrogen-bond donors (Lipinski definition) is 0. The summed E-state index contributed by atoms with van der Waals surface area (Å²) in [5.41, 5.74) is 4.08. The smallest absolute Gasteiger partial charge is 0.264 e. The molecule has 4 nitrogen and oxygen atoms in total. The summed E-state index contributed by atoms with van der Waals surface area (Å²) in [7, 11) is 0. The van der Waals surface area contributed by atoms with Crippen LogP contribution in [0.25, 0.3) is 10.4 Å². The van der Waals surface area contributed by atoms with Crippen LogP contribution in [0.3, 0.4) is 0 Å². The molecule has 1 aromatic carbocycles. The second-order valence-corrected chi connectivity index (χ2v) is 8.90. The SMILES string of the molecule is O=C(c1cc2c(s1)-c1ccccc1CC2)N1CCN(CC2CCCO2)CC1. The van der Waals surface area contributed by atoms with E-state index in [1.54, 1.807) is 11.3 Å². The number of fused-ring (bicyclic) bond motifs is 3. The van der Waals surface area contributed by atoms with E-state index in [-0.39, 0.29) is 5.91 Å². The fourth-order valence-electron chi connectivity index (χ4n) is 4.54. The van der Waals surface area contributed by atoms with Crippen LogP contribution < -0.4 is 0 Å². The monoisotopic (exact) mass is 382 g/mol. The summed E-state index contributed by atoms with van der Waals surface area (Å²) < 4.78 is 5.75. The summed E-state index contributed by atoms with van der Waals surface area (Å²) >= 11 is 1.68. The van der Waals surface area contributed by atoms with E-state index in [1.807, 2.05) is 4.90 Å². The predicted molar refractivity (Wildman–Crippen MR) is 108 cm³/mol. The van der Waals surface area contributed by atoms with Crippen LogP contribution in [0, 0.1) is 0 Å². The van der Waals surface area contributed by atoms with Crippen LogP contribution in [-0.4, -0.2) is 61.1 Å². The average molecular weight is 383 g/mol. The van der Waals surface area contributed by atoms with Gasteiger partial charge in [-0.1, -0.05) is 24.3 Å². The Kier molecular flexibility index (Phi) is 4.76. The van der Waals surface area contributed by atoms with E-state index >= 15 is 0 Å². The van der Waals surface area contributed by atoms with Gasteiger partial charge in [0, 0.05) is 44.2 Å². The Morgan fingerprint density at radius 1 is 1.11 bits per heavy atom. The molecule has 1 atom stereocenters. The van der Waals surface area contributed by atoms with Crippen LogP contribution >= 0.6 is 11.3 Å². The zero-order valence-electron chi connectivity index (χ0n) is 15.7. The number of aryl methyl sites for hydroxylation is 2. The molecule has 1 unspecified atom stereocenters. The molecule has 0 N–H and O–H groups in total. The van der Waals surface area contributed by atoms with Crippen molar-refractivity contribution in [1.29, 1.82) is 0 Å². The van der Waals surface area contributed by atoms with Crippen molar-refractivity contribution < 1.29 is 9.53 Å². The van der Waals surface area contributed by atoms with E-state index in [1.165, 1.54) is 34.4 Å². The zero-order valence-corrected chi connectivity index (χ0v) is 16.5. The number of rotatable bonds is 3. The summed E-state index contributed by atoms with van der Waals surface area (Å²) in [6.07, 6.45) is 4.90. The van der Waals surface area contributed by atoms with E-state index in [0.717, 1.165) is 57.0 Å². The van der Waals surface area contributed by atoms with Gasteiger partial charge in [-0.2, -0.15) is 0 Å². The van der Waals surface area contributed by atoms with Crippen LogP contribution in [0.5, 0.6) is 0 Å². The van der Waals surface area contributed by atoms with Crippen LogP contribution in [0.4, 0.5) is 0 Å². The zero-order chi connectivity index (χ0) is 18.2. The normalized spacial score (nSPS) is 22.5. The molecule has 5 heteroatoms. The maximum atomic E-state index is 13.1. The topological polar surface area (TPSA) is 32.8 Å². The molecule has 1 aromatic heterocycles. The molecule has 2 saturated heterocycles. The summed E-state index contributed by atoms with van der Waals surface area (Å²) in [4.78, 5) is 19.8. The van der Waals surface area contributed by atoms with E-state index < -0.39 is 0 Å². The molecule has 0 spiro atoms. The standard InChI is InChI=1S/C22H26N2O2S/c25-22(24-11-9-23(10-12-24)15-18-5-3-13-26-18)20-14-17-8-7-16-4-1-2-6-19(16)21(17)27-20/h1-2,4,6,14,18H,3,5,7-13,15H2. The number of hydrogen-bond acceptors (Lipinski definition) is 4. The third-order valence-electron chi connectivity index (χ3n) is 6.09. The lowest BCUT2D eigenvalue weighted by Gasteiger charge is -2.35. The summed E-state index contributed by atoms with van der Waals surface area (Å²) in [5.74, 6) is 0.212. The Labute approximate surface area is 164 Å². The number of thiophene rings is 1. The Bertz CT molecular complexity index is 833. The highest BCUT2D eigenvalue weighted by Gasteiger charge is 2.28. The van der Waals surface area contributed by atoms with Crippen LogP contribution in [-0.2, 0) is 17.6 Å². The third-order valence-corrected chi connectivity index (χ3v) is 7.29. The Balaban J connectivity index is 1.26. The van der Waals surface area contributed by atoms with Gasteiger partial charge >= 0.3 is 0 Å². The minimum absolute atomic E-state index is 0.212. The molecular weight excluding hydrogens is 356 g/mol. The molecular formula is C22H26N2O2S. The lowest BCUT2D eigenvalue weighted by molar-refractivity contribution is 0.0435. The number of nitrogens with zero attached hydrogens (tertiary/aromatic N) is 2. The van der Waals surface area contributed by atoms with E-state index in [2.05, 4.69) is 35.2 Å². The minimum atomic E-state index is 0.212. The number of carbonyl (C=O) groups excluding carboxylic acids is 1. The van der Waals surface area contributed by atoms with Gasteiger partial charge in [0.1, 0.15) is 0 Å². The number of piperazine rings is 1. The maximum Gasteiger partial charge on any atom is 0.264 e. The van der Waals surface area contributed by atoms with Gasteiger partial charge in [-0.05, 0) is 48.4 Å². The van der Waals surface area contributed by atoms with E-state index in [9.17, 15) is 4.79 Å². The van der Waals surface area contributed by atoms with Crippen LogP contribution in [0.2, 0.25) is 0 Å². The molecule has 1 aliphatic carbocycles. The van der Waals surface area contributed by atoms with Crippen LogP contribution in [0.1, 0.15) is 33.6 Å². The minimum Gasteiger partial charge on any atom is -0.377 e. The number of benzene rings is 1. The highest BCUT2D eigenvalue weighted by atomic mass is 32.1. The van der Waals surface area contributed by atoms with E-state index in [0.29, 0.717) is 6.10 Å². The van der Waals surface area contributed by atoms with Crippen molar-refractivity contribution in [2.45, 2.75) is 31.8 Å². The molecule has 5 rings (SSSR count). The maximum absolute atomic E-state index is 13.1. The van der Waals surface area contributed by atoms with E-state index in [4.69, 9.17) is 4.74 Å². The molecule has 3 heterocycles. The number of carbonyl (C=O) groups is 1. The van der Waals surface area contributed by atoms with Crippen molar-refractivity contribution in [1.82, 2.24) is 9.80 Å². The molecule has 0 saturated carbocycles.